The number of aromatic hydroxyl groups is 1. The minimum absolute atomic E-state index is 0.0971. The minimum Gasteiger partial charge on any atom is -0.508 e. The number of nitrogens with one attached hydrogen (secondary N) is 16. The lowest BCUT2D eigenvalue weighted by molar-refractivity contribution is -0.147. The molecule has 2 aromatic carbocycles. The van der Waals surface area contributed by atoms with E-state index in [0.717, 1.165) is 0 Å². The number of carbonyl (C=O) groups is 23. The molecule has 52 heteroatoms. The van der Waals surface area contributed by atoms with Crippen molar-refractivity contribution in [1.82, 2.24) is 99.2 Å². The lowest BCUT2D eigenvalue weighted by Crippen LogP contribution is -2.62. The zero-order valence-electron chi connectivity index (χ0n) is 79.1. The van der Waals surface area contributed by atoms with Gasteiger partial charge in [-0.3, -0.25) is 105 Å². The van der Waals surface area contributed by atoms with Crippen LogP contribution in [0.5, 0.6) is 5.75 Å². The Balaban J connectivity index is 1.17. The Hall–Kier alpha value is -15.3. The molecular weight excluding hydrogens is 1850 g/mol. The van der Waals surface area contributed by atoms with Crippen LogP contribution in [0.4, 0.5) is 0 Å². The summed E-state index contributed by atoms with van der Waals surface area (Å²) in [6, 6.07) is -14.1. The highest BCUT2D eigenvalue weighted by Gasteiger charge is 2.46. The van der Waals surface area contributed by atoms with Crippen molar-refractivity contribution in [2.24, 2.45) is 52.2 Å². The maximum Gasteiger partial charge on any atom is 0.326 e. The van der Waals surface area contributed by atoms with Gasteiger partial charge in [-0.25, -0.2) is 9.78 Å². The summed E-state index contributed by atoms with van der Waals surface area (Å²) in [7, 11) is 0. The van der Waals surface area contributed by atoms with E-state index in [2.05, 4.69) is 89.4 Å². The van der Waals surface area contributed by atoms with Gasteiger partial charge in [-0.05, 0) is 105 Å². The lowest BCUT2D eigenvalue weighted by Gasteiger charge is -2.32. The van der Waals surface area contributed by atoms with Gasteiger partial charge in [0.05, 0.1) is 44.8 Å². The number of aromatic amines is 2. The van der Waals surface area contributed by atoms with Gasteiger partial charge in [0, 0.05) is 80.6 Å². The Morgan fingerprint density at radius 3 is 1.42 bits per heavy atom. The third-order valence-corrected chi connectivity index (χ3v) is 23.7. The Morgan fingerprint density at radius 1 is 0.461 bits per heavy atom. The number of para-hydroxylation sites is 1. The summed E-state index contributed by atoms with van der Waals surface area (Å²) in [4.78, 5) is 325. The van der Waals surface area contributed by atoms with Crippen LogP contribution in [0.25, 0.3) is 10.9 Å². The number of phenols is 1. The summed E-state index contributed by atoms with van der Waals surface area (Å²) in [5.41, 5.74) is 34.5. The standard InChI is InChI=1S/C89H129N25O27/c1-8-43(5)72(85(136)104-55(24-27-67(93)119)76(127)103-54(23-26-66(92)118)78(129)109-61(89(140)141)33-48-38-96-41-99-48)112-82(133)59(35-69(95)121)101-70(122)39-98-75(126)60(36-71(123)124)108-86(137)73(44(6)9-2)111-81(132)56(30-42(3)4)105-80(131)58(32-47-37-97-52-15-11-10-14-50(47)52)107-83(134)62(40-115)110-79(130)57(31-46-18-20-49(116)21-19-46)106-77(128)53(22-25-65(91)117)102-74(125)45(7)100-84(135)63-16-12-28-113(63)88(139)64-17-13-29-114(64)87(138)51(90)34-68(94)120/h10-11,14-15,18-21,37-38,41-45,51,53-64,72-73,97,115-116H,8-9,12-13,16-17,22-36,39-40,90H2,1-7H3,(H2,91,117)(H2,92,118)(H2,93,119)(H2,94,120)(H2,95,121)(H,96,99)(H,98,126)(H,100,135)(H,101,122)(H,102,125)(H,103,127)(H,104,136)(H,105,131)(H,106,128)(H,107,134)(H,108,137)(H,109,129)(H,110,130)(H,111,132)(H,112,133)(H,123,124)(H,140,141)/t43-,44-,45-,51-,53-,54-,55-,56-,57-,58-,59-,60-,61-,62-,63-,64-,72-,73-/m0/s1. The normalized spacial score (nSPS) is 16.8. The number of aromatic nitrogens is 3. The number of carbonyl (C=O) groups excluding carboxylic acids is 21. The summed E-state index contributed by atoms with van der Waals surface area (Å²) >= 11 is 0. The predicted molar refractivity (Wildman–Crippen MR) is 496 cm³/mol. The van der Waals surface area contributed by atoms with Crippen LogP contribution in [0.15, 0.2) is 67.3 Å². The number of aliphatic hydroxyl groups is 1. The molecule has 0 saturated carbocycles. The van der Waals surface area contributed by atoms with E-state index in [1.54, 1.807) is 52.0 Å². The number of nitrogens with two attached hydrogens (primary N) is 6. The number of hydrogen-bond acceptors (Lipinski definition) is 27. The van der Waals surface area contributed by atoms with Gasteiger partial charge in [-0.15, -0.1) is 0 Å². The fourth-order valence-electron chi connectivity index (χ4n) is 15.6. The highest BCUT2D eigenvalue weighted by Crippen LogP contribution is 2.28. The number of nitrogens with zero attached hydrogens (tertiary/aromatic N) is 3. The summed E-state index contributed by atoms with van der Waals surface area (Å²) in [6.45, 7) is 8.65. The number of fused-ring (bicyclic) bond motifs is 1. The second-order valence-electron chi connectivity index (χ2n) is 35.2. The molecule has 4 aromatic rings. The number of hydrogen-bond donors (Lipinski definition) is 26. The number of aliphatic carboxylic acids is 2. The number of primary amides is 5. The summed E-state index contributed by atoms with van der Waals surface area (Å²) in [6.07, 6.45) is -1.71. The van der Waals surface area contributed by atoms with Gasteiger partial charge in [0.15, 0.2) is 0 Å². The van der Waals surface area contributed by atoms with Crippen LogP contribution >= 0.6 is 0 Å². The molecule has 0 aliphatic carbocycles. The Labute approximate surface area is 808 Å². The zero-order valence-corrected chi connectivity index (χ0v) is 79.1. The largest absolute Gasteiger partial charge is 0.508 e. The zero-order chi connectivity index (χ0) is 105. The topological polar surface area (TPSA) is 849 Å². The number of carboxylic acid groups (broad SMARTS) is 2. The number of aliphatic hydroxyl groups excluding tert-OH is 1. The second kappa shape index (κ2) is 55.3. The van der Waals surface area contributed by atoms with Crippen LogP contribution in [0.1, 0.15) is 168 Å². The van der Waals surface area contributed by atoms with Crippen molar-refractivity contribution in [2.45, 2.75) is 267 Å². The molecule has 0 radical (unpaired) electrons. The molecule has 772 valence electrons. The fourth-order valence-corrected chi connectivity index (χ4v) is 15.6. The SMILES string of the molecule is CC[C@H](C)[C@H](NC(=O)[C@H](CC(C)C)NC(=O)[C@H](Cc1c[nH]c2ccccc12)NC(=O)[C@H](CO)NC(=O)[C@H](Cc1ccc(O)cc1)NC(=O)[C@H](CCC(N)=O)NC(=O)[C@H](C)NC(=O)[C@@H]1CCCN1C(=O)[C@@H]1CCCN1C(=O)[C@@H](N)CC(N)=O)C(=O)N[C@@H](CC(=O)O)C(=O)NCC(=O)N[C@@H](CC(N)=O)C(=O)N[C@H](C(=O)N[C@@H](CCC(N)=O)C(=O)N[C@@H](CCC(N)=O)C(=O)N[C@@H](Cc1cnc[nH]1)C(=O)O)[C@@H](C)CC. The Kier molecular flexibility index (Phi) is 44.9. The van der Waals surface area contributed by atoms with Crippen molar-refractivity contribution in [1.29, 1.82) is 0 Å². The number of rotatable bonds is 59. The van der Waals surface area contributed by atoms with E-state index in [-0.39, 0.29) is 69.3 Å². The van der Waals surface area contributed by atoms with Crippen LogP contribution in [0.3, 0.4) is 0 Å². The molecule has 0 unspecified atom stereocenters. The molecule has 21 amide bonds. The Morgan fingerprint density at radius 2 is 0.915 bits per heavy atom. The van der Waals surface area contributed by atoms with Gasteiger partial charge in [0.1, 0.15) is 96.4 Å². The van der Waals surface area contributed by atoms with Gasteiger partial charge in [0.25, 0.3) is 0 Å². The van der Waals surface area contributed by atoms with Crippen LogP contribution in [0.2, 0.25) is 0 Å². The van der Waals surface area contributed by atoms with E-state index in [0.29, 0.717) is 35.0 Å². The minimum atomic E-state index is -2.05. The van der Waals surface area contributed by atoms with Gasteiger partial charge < -0.3 is 149 Å². The maximum atomic E-state index is 15.1. The molecule has 18 atom stereocenters. The van der Waals surface area contributed by atoms with Crippen LogP contribution < -0.4 is 109 Å². The molecule has 2 aliphatic rings. The molecule has 141 heavy (non-hydrogen) atoms. The maximum absolute atomic E-state index is 15.1. The van der Waals surface area contributed by atoms with Gasteiger partial charge >= 0.3 is 11.9 Å². The van der Waals surface area contributed by atoms with E-state index in [1.165, 1.54) is 73.6 Å². The molecule has 32 N–H and O–H groups in total. The summed E-state index contributed by atoms with van der Waals surface area (Å²) in [5.74, 6) is -27.6. The molecule has 2 fully saturated rings. The molecule has 2 aromatic heterocycles. The van der Waals surface area contributed by atoms with E-state index in [9.17, 15) is 126 Å². The van der Waals surface area contributed by atoms with Crippen molar-refractivity contribution in [3.05, 3.63) is 84.1 Å². The van der Waals surface area contributed by atoms with E-state index < -0.39 is 328 Å². The monoisotopic (exact) mass is 1980 g/mol. The van der Waals surface area contributed by atoms with Gasteiger partial charge in [0.2, 0.25) is 124 Å². The molecule has 0 spiro atoms. The smallest absolute Gasteiger partial charge is 0.326 e. The van der Waals surface area contributed by atoms with Gasteiger partial charge in [-0.2, -0.15) is 0 Å². The number of likely N-dealkylation sites (tertiary alicyclic amines) is 2. The summed E-state index contributed by atoms with van der Waals surface area (Å²) in [5, 5.41) is 75.3. The number of H-pyrrole nitrogens is 2. The van der Waals surface area contributed by atoms with E-state index in [4.69, 9.17) is 34.4 Å². The molecule has 2 aliphatic heterocycles. The first kappa shape index (κ1) is 114. The average Bonchev–Trinajstić information content (AvgIpc) is 1.66. The fraction of sp³-hybridized carbons (Fsp3) is 0.551. The molecular formula is C89H129N25O27. The van der Waals surface area contributed by atoms with Crippen molar-refractivity contribution < 1.29 is 131 Å². The second-order valence-corrected chi connectivity index (χ2v) is 35.2. The number of phenolic OH excluding ortho intramolecular Hbond substituents is 1. The number of carboxylic acids is 2. The first-order valence-electron chi connectivity index (χ1n) is 45.9. The quantitative estimate of drug-likeness (QED) is 0.0195. The summed E-state index contributed by atoms with van der Waals surface area (Å²) < 4.78 is 0. The van der Waals surface area contributed by atoms with Crippen LogP contribution in [-0.4, -0.2) is 304 Å². The molecule has 4 heterocycles. The Bertz CT molecular complexity index is 5170. The third-order valence-electron chi connectivity index (χ3n) is 23.7. The number of benzene rings is 2. The first-order chi connectivity index (χ1) is 66.5. The molecule has 52 nitrogen and oxygen atoms in total. The molecule has 6 rings (SSSR count). The highest BCUT2D eigenvalue weighted by molar-refractivity contribution is 6.03. The lowest BCUT2D eigenvalue weighted by atomic mass is 9.96. The number of imidazole rings is 1. The van der Waals surface area contributed by atoms with Crippen molar-refractivity contribution >= 4 is 147 Å². The van der Waals surface area contributed by atoms with E-state index in [1.807, 2.05) is 0 Å². The van der Waals surface area contributed by atoms with Crippen LogP contribution in [-0.2, 0) is 130 Å². The molecule has 0 bridgehead atoms. The van der Waals surface area contributed by atoms with Crippen molar-refractivity contribution in [3.8, 4) is 5.75 Å². The van der Waals surface area contributed by atoms with Crippen molar-refractivity contribution in [2.75, 3.05) is 26.2 Å². The molecule has 2 saturated heterocycles. The van der Waals surface area contributed by atoms with E-state index >= 15 is 4.79 Å². The highest BCUT2D eigenvalue weighted by atomic mass is 16.4. The first-order valence-corrected chi connectivity index (χ1v) is 45.9. The van der Waals surface area contributed by atoms with Gasteiger partial charge in [-0.1, -0.05) is 84.7 Å². The van der Waals surface area contributed by atoms with Crippen LogP contribution in [0, 0.1) is 17.8 Å². The third kappa shape index (κ3) is 36.2. The average molecular weight is 1980 g/mol. The van der Waals surface area contributed by atoms with Crippen molar-refractivity contribution in [3.63, 3.8) is 0 Å². The number of amides is 21. The predicted octanol–water partition coefficient (Wildman–Crippen LogP) is -8.39.